The van der Waals surface area contributed by atoms with Crippen LogP contribution < -0.4 is 5.32 Å². The van der Waals surface area contributed by atoms with Gasteiger partial charge in [0.2, 0.25) is 0 Å². The zero-order valence-electron chi connectivity index (χ0n) is 12.6. The third kappa shape index (κ3) is 3.89. The lowest BCUT2D eigenvalue weighted by molar-refractivity contribution is -0.151. The molecule has 1 aliphatic heterocycles. The van der Waals surface area contributed by atoms with Gasteiger partial charge in [-0.1, -0.05) is 0 Å². The minimum atomic E-state index is -0.711. The number of carbonyl (C=O) groups is 1. The summed E-state index contributed by atoms with van der Waals surface area (Å²) >= 11 is 0. The number of ether oxygens (including phenoxy) is 3. The molecule has 3 unspecified atom stereocenters. The molecule has 3 atom stereocenters. The molecule has 1 rings (SSSR count). The van der Waals surface area contributed by atoms with Gasteiger partial charge in [0.1, 0.15) is 5.54 Å². The molecule has 0 spiro atoms. The van der Waals surface area contributed by atoms with Crippen molar-refractivity contribution in [2.24, 2.45) is 0 Å². The van der Waals surface area contributed by atoms with Crippen molar-refractivity contribution in [2.45, 2.75) is 31.6 Å². The Morgan fingerprint density at radius 3 is 2.21 bits per heavy atom. The fourth-order valence-corrected chi connectivity index (χ4v) is 2.38. The fraction of sp³-hybridized carbons (Fsp3) is 0.923. The smallest absolute Gasteiger partial charge is 0.327 e. The van der Waals surface area contributed by atoms with Crippen LogP contribution in [0.15, 0.2) is 0 Å². The number of likely N-dealkylation sites (tertiary alicyclic amines) is 1. The highest BCUT2D eigenvalue weighted by Crippen LogP contribution is 2.19. The molecule has 1 fully saturated rings. The molecular formula is C13H26N2O4. The summed E-state index contributed by atoms with van der Waals surface area (Å²) in [6.07, 6.45) is 0.0987. The van der Waals surface area contributed by atoms with E-state index in [0.717, 1.165) is 13.1 Å². The molecule has 1 saturated heterocycles. The van der Waals surface area contributed by atoms with Gasteiger partial charge < -0.3 is 19.5 Å². The lowest BCUT2D eigenvalue weighted by Crippen LogP contribution is -2.56. The Morgan fingerprint density at radius 2 is 1.84 bits per heavy atom. The zero-order valence-corrected chi connectivity index (χ0v) is 12.6. The van der Waals surface area contributed by atoms with E-state index < -0.39 is 5.54 Å². The summed E-state index contributed by atoms with van der Waals surface area (Å²) in [4.78, 5) is 14.2. The van der Waals surface area contributed by atoms with E-state index in [1.54, 1.807) is 21.3 Å². The van der Waals surface area contributed by atoms with Crippen molar-refractivity contribution in [3.63, 3.8) is 0 Å². The van der Waals surface area contributed by atoms with E-state index in [9.17, 15) is 4.79 Å². The lowest BCUT2D eigenvalue weighted by Gasteiger charge is -2.31. The first-order valence-electron chi connectivity index (χ1n) is 6.64. The third-order valence-electron chi connectivity index (χ3n) is 3.71. The summed E-state index contributed by atoms with van der Waals surface area (Å²) in [5.74, 6) is -0.229. The second-order valence-corrected chi connectivity index (χ2v) is 5.04. The summed E-state index contributed by atoms with van der Waals surface area (Å²) in [7, 11) is 5.14. The van der Waals surface area contributed by atoms with Gasteiger partial charge >= 0.3 is 5.97 Å². The zero-order chi connectivity index (χ0) is 14.5. The molecule has 112 valence electrons. The molecule has 1 N–H and O–H groups in total. The molecule has 0 aromatic carbocycles. The highest BCUT2D eigenvalue weighted by Gasteiger charge is 2.40. The minimum Gasteiger partial charge on any atom is -0.465 e. The average molecular weight is 274 g/mol. The van der Waals surface area contributed by atoms with Gasteiger partial charge in [0, 0.05) is 33.9 Å². The van der Waals surface area contributed by atoms with Crippen molar-refractivity contribution < 1.29 is 19.0 Å². The van der Waals surface area contributed by atoms with Gasteiger partial charge in [-0.25, -0.2) is 0 Å². The van der Waals surface area contributed by atoms with Crippen LogP contribution in [0.5, 0.6) is 0 Å². The van der Waals surface area contributed by atoms with E-state index in [-0.39, 0.29) is 18.2 Å². The number of hydrogen-bond acceptors (Lipinski definition) is 6. The van der Waals surface area contributed by atoms with Crippen LogP contribution in [0.1, 0.15) is 13.8 Å². The van der Waals surface area contributed by atoms with Gasteiger partial charge in [0.15, 0.2) is 0 Å². The Kier molecular flexibility index (Phi) is 6.19. The SMILES string of the molecule is CCOC(=O)C(C)(CN1CC(OC)C(OC)C1)NC. The van der Waals surface area contributed by atoms with Crippen molar-refractivity contribution in [2.75, 3.05) is 47.5 Å². The second-order valence-electron chi connectivity index (χ2n) is 5.04. The summed E-state index contributed by atoms with van der Waals surface area (Å²) < 4.78 is 15.9. The number of hydrogen-bond donors (Lipinski definition) is 1. The standard InChI is InChI=1S/C13H26N2O4/c1-6-19-12(16)13(2,14-3)9-15-7-10(17-4)11(8-15)18-5/h10-11,14H,6-9H2,1-5H3. The molecule has 1 heterocycles. The highest BCUT2D eigenvalue weighted by atomic mass is 16.5. The van der Waals surface area contributed by atoms with Gasteiger partial charge in [-0.05, 0) is 20.9 Å². The van der Waals surface area contributed by atoms with Crippen molar-refractivity contribution in [3.8, 4) is 0 Å². The van der Waals surface area contributed by atoms with Crippen LogP contribution in [0, 0.1) is 0 Å². The number of nitrogens with one attached hydrogen (secondary N) is 1. The largest absolute Gasteiger partial charge is 0.465 e. The molecule has 6 heteroatoms. The topological polar surface area (TPSA) is 60.0 Å². The molecule has 0 aliphatic carbocycles. The highest BCUT2D eigenvalue weighted by molar-refractivity contribution is 5.80. The van der Waals surface area contributed by atoms with E-state index in [1.807, 2.05) is 13.8 Å². The van der Waals surface area contributed by atoms with Crippen molar-refractivity contribution in [3.05, 3.63) is 0 Å². The maximum atomic E-state index is 12.0. The van der Waals surface area contributed by atoms with E-state index in [0.29, 0.717) is 13.2 Å². The molecule has 19 heavy (non-hydrogen) atoms. The minimum absolute atomic E-state index is 0.0494. The fourth-order valence-electron chi connectivity index (χ4n) is 2.38. The molecule has 0 radical (unpaired) electrons. The molecule has 6 nitrogen and oxygen atoms in total. The first kappa shape index (κ1) is 16.4. The first-order chi connectivity index (χ1) is 9.00. The van der Waals surface area contributed by atoms with Gasteiger partial charge in [-0.2, -0.15) is 0 Å². The number of nitrogens with zero attached hydrogens (tertiary/aromatic N) is 1. The summed E-state index contributed by atoms with van der Waals surface area (Å²) in [6.45, 7) is 6.13. The maximum Gasteiger partial charge on any atom is 0.327 e. The predicted molar refractivity (Wildman–Crippen MR) is 72.1 cm³/mol. The van der Waals surface area contributed by atoms with E-state index in [2.05, 4.69) is 10.2 Å². The number of methoxy groups -OCH3 is 2. The summed E-state index contributed by atoms with van der Waals surface area (Å²) in [5, 5.41) is 3.06. The van der Waals surface area contributed by atoms with Gasteiger partial charge in [0.25, 0.3) is 0 Å². The van der Waals surface area contributed by atoms with E-state index in [1.165, 1.54) is 0 Å². The van der Waals surface area contributed by atoms with Crippen LogP contribution >= 0.6 is 0 Å². The van der Waals surface area contributed by atoms with Crippen LogP contribution in [0.25, 0.3) is 0 Å². The van der Waals surface area contributed by atoms with Crippen LogP contribution in [0.3, 0.4) is 0 Å². The lowest BCUT2D eigenvalue weighted by atomic mass is 10.0. The van der Waals surface area contributed by atoms with E-state index >= 15 is 0 Å². The molecule has 0 bridgehead atoms. The Hall–Kier alpha value is -0.690. The Morgan fingerprint density at radius 1 is 1.32 bits per heavy atom. The Bertz CT molecular complexity index is 288. The molecule has 1 aliphatic rings. The first-order valence-corrected chi connectivity index (χ1v) is 6.64. The number of likely N-dealkylation sites (N-methyl/N-ethyl adjacent to an activating group) is 1. The third-order valence-corrected chi connectivity index (χ3v) is 3.71. The second kappa shape index (κ2) is 7.19. The van der Waals surface area contributed by atoms with Crippen molar-refractivity contribution >= 4 is 5.97 Å². The van der Waals surface area contributed by atoms with Crippen molar-refractivity contribution in [1.29, 1.82) is 0 Å². The molecule has 0 saturated carbocycles. The van der Waals surface area contributed by atoms with Crippen LogP contribution in [-0.2, 0) is 19.0 Å². The molecule has 0 aromatic rings. The number of carbonyl (C=O) groups excluding carboxylic acids is 1. The van der Waals surface area contributed by atoms with Crippen LogP contribution in [0.2, 0.25) is 0 Å². The Labute approximate surface area is 115 Å². The van der Waals surface area contributed by atoms with Crippen LogP contribution in [-0.4, -0.2) is 76.1 Å². The summed E-state index contributed by atoms with van der Waals surface area (Å²) in [6, 6.07) is 0. The van der Waals surface area contributed by atoms with Gasteiger partial charge in [0.05, 0.1) is 18.8 Å². The van der Waals surface area contributed by atoms with Crippen LogP contribution in [0.4, 0.5) is 0 Å². The molecular weight excluding hydrogens is 248 g/mol. The summed E-state index contributed by atoms with van der Waals surface area (Å²) in [5.41, 5.74) is -0.711. The maximum absolute atomic E-state index is 12.0. The van der Waals surface area contributed by atoms with Gasteiger partial charge in [-0.3, -0.25) is 9.69 Å². The van der Waals surface area contributed by atoms with Gasteiger partial charge in [-0.15, -0.1) is 0 Å². The number of esters is 1. The van der Waals surface area contributed by atoms with E-state index in [4.69, 9.17) is 14.2 Å². The Balaban J connectivity index is 2.64. The van der Waals surface area contributed by atoms with Crippen molar-refractivity contribution in [1.82, 2.24) is 10.2 Å². The molecule has 0 aromatic heterocycles. The average Bonchev–Trinajstić information content (AvgIpc) is 2.80. The number of rotatable bonds is 7. The predicted octanol–water partition coefficient (Wildman–Crippen LogP) is -0.127. The molecule has 0 amide bonds. The monoisotopic (exact) mass is 274 g/mol. The quantitative estimate of drug-likeness (QED) is 0.653. The normalized spacial score (nSPS) is 27.2.